The summed E-state index contributed by atoms with van der Waals surface area (Å²) in [6, 6.07) is 4.38. The molecule has 0 aliphatic heterocycles. The highest BCUT2D eigenvalue weighted by atomic mass is 19.1. The third-order valence-electron chi connectivity index (χ3n) is 3.38. The Morgan fingerprint density at radius 1 is 1.53 bits per heavy atom. The minimum atomic E-state index is -0.351. The monoisotopic (exact) mass is 266 g/mol. The van der Waals surface area contributed by atoms with Gasteiger partial charge in [0.15, 0.2) is 0 Å². The molecule has 1 fully saturated rings. The van der Waals surface area contributed by atoms with Crippen molar-refractivity contribution in [1.29, 1.82) is 0 Å². The fourth-order valence-corrected chi connectivity index (χ4v) is 1.96. The zero-order valence-corrected chi connectivity index (χ0v) is 11.2. The average molecular weight is 266 g/mol. The predicted molar refractivity (Wildman–Crippen MR) is 70.5 cm³/mol. The molecule has 1 aliphatic carbocycles. The predicted octanol–water partition coefficient (Wildman–Crippen LogP) is 2.43. The van der Waals surface area contributed by atoms with Gasteiger partial charge in [0.25, 0.3) is 0 Å². The largest absolute Gasteiger partial charge is 0.497 e. The molecular weight excluding hydrogens is 247 g/mol. The zero-order chi connectivity index (χ0) is 13.8. The normalized spacial score (nSPS) is 15.7. The SMILES string of the molecule is COc1ccc(F)c(CNC(=O)NC(C)C2CC2)c1. The van der Waals surface area contributed by atoms with Gasteiger partial charge in [-0.15, -0.1) is 0 Å². The minimum Gasteiger partial charge on any atom is -0.497 e. The smallest absolute Gasteiger partial charge is 0.315 e. The second-order valence-corrected chi connectivity index (χ2v) is 4.91. The lowest BCUT2D eigenvalue weighted by atomic mass is 10.2. The number of hydrogen-bond acceptors (Lipinski definition) is 2. The number of hydrogen-bond donors (Lipinski definition) is 2. The topological polar surface area (TPSA) is 50.4 Å². The summed E-state index contributed by atoms with van der Waals surface area (Å²) in [5.41, 5.74) is 0.411. The molecule has 5 heteroatoms. The van der Waals surface area contributed by atoms with Crippen LogP contribution in [0, 0.1) is 11.7 Å². The maximum Gasteiger partial charge on any atom is 0.315 e. The number of carbonyl (C=O) groups excluding carboxylic acids is 1. The van der Waals surface area contributed by atoms with Crippen molar-refractivity contribution < 1.29 is 13.9 Å². The van der Waals surface area contributed by atoms with Crippen molar-refractivity contribution in [2.24, 2.45) is 5.92 Å². The Balaban J connectivity index is 1.85. The molecule has 1 aromatic rings. The molecule has 2 amide bonds. The van der Waals surface area contributed by atoms with Crippen molar-refractivity contribution in [1.82, 2.24) is 10.6 Å². The Morgan fingerprint density at radius 3 is 2.89 bits per heavy atom. The molecule has 0 heterocycles. The van der Waals surface area contributed by atoms with Gasteiger partial charge in [-0.25, -0.2) is 9.18 Å². The number of rotatable bonds is 5. The molecule has 1 aliphatic rings. The highest BCUT2D eigenvalue weighted by Crippen LogP contribution is 2.32. The quantitative estimate of drug-likeness (QED) is 0.860. The van der Waals surface area contributed by atoms with Gasteiger partial charge in [-0.2, -0.15) is 0 Å². The van der Waals surface area contributed by atoms with Crippen LogP contribution >= 0.6 is 0 Å². The summed E-state index contributed by atoms with van der Waals surface area (Å²) in [6.07, 6.45) is 2.35. The van der Waals surface area contributed by atoms with Gasteiger partial charge in [0.05, 0.1) is 7.11 Å². The molecule has 1 unspecified atom stereocenters. The van der Waals surface area contributed by atoms with E-state index in [2.05, 4.69) is 10.6 Å². The lowest BCUT2D eigenvalue weighted by molar-refractivity contribution is 0.236. The molecule has 1 aromatic carbocycles. The fraction of sp³-hybridized carbons (Fsp3) is 0.500. The van der Waals surface area contributed by atoms with E-state index in [-0.39, 0.29) is 24.4 Å². The Morgan fingerprint density at radius 2 is 2.26 bits per heavy atom. The number of amides is 2. The molecule has 0 saturated heterocycles. The van der Waals surface area contributed by atoms with Crippen LogP contribution in [0.2, 0.25) is 0 Å². The van der Waals surface area contributed by atoms with Crippen molar-refractivity contribution in [3.63, 3.8) is 0 Å². The van der Waals surface area contributed by atoms with Crippen molar-refractivity contribution in [2.45, 2.75) is 32.4 Å². The summed E-state index contributed by atoms with van der Waals surface area (Å²) in [5.74, 6) is 0.820. The third-order valence-corrected chi connectivity index (χ3v) is 3.38. The van der Waals surface area contributed by atoms with E-state index in [0.29, 0.717) is 17.2 Å². The van der Waals surface area contributed by atoms with E-state index in [1.807, 2.05) is 6.92 Å². The second kappa shape index (κ2) is 5.91. The van der Waals surface area contributed by atoms with E-state index >= 15 is 0 Å². The van der Waals surface area contributed by atoms with Crippen LogP contribution in [0.25, 0.3) is 0 Å². The van der Waals surface area contributed by atoms with E-state index in [1.165, 1.54) is 26.0 Å². The highest BCUT2D eigenvalue weighted by molar-refractivity contribution is 5.74. The molecular formula is C14H19FN2O2. The molecule has 0 aromatic heterocycles. The van der Waals surface area contributed by atoms with Crippen LogP contribution in [-0.4, -0.2) is 19.2 Å². The van der Waals surface area contributed by atoms with E-state index in [4.69, 9.17) is 4.74 Å². The van der Waals surface area contributed by atoms with Gasteiger partial charge in [0, 0.05) is 18.2 Å². The fourth-order valence-electron chi connectivity index (χ4n) is 1.96. The third kappa shape index (κ3) is 3.84. The van der Waals surface area contributed by atoms with Crippen LogP contribution in [0.5, 0.6) is 5.75 Å². The van der Waals surface area contributed by atoms with Gasteiger partial charge in [0.1, 0.15) is 11.6 Å². The molecule has 4 nitrogen and oxygen atoms in total. The maximum absolute atomic E-state index is 13.5. The van der Waals surface area contributed by atoms with Crippen LogP contribution < -0.4 is 15.4 Å². The lowest BCUT2D eigenvalue weighted by Crippen LogP contribution is -2.41. The van der Waals surface area contributed by atoms with Crippen LogP contribution in [-0.2, 0) is 6.54 Å². The summed E-state index contributed by atoms with van der Waals surface area (Å²) >= 11 is 0. The van der Waals surface area contributed by atoms with Crippen LogP contribution in [0.1, 0.15) is 25.3 Å². The number of benzene rings is 1. The van der Waals surface area contributed by atoms with Crippen LogP contribution in [0.4, 0.5) is 9.18 Å². The average Bonchev–Trinajstić information content (AvgIpc) is 3.22. The summed E-state index contributed by atoms with van der Waals surface area (Å²) < 4.78 is 18.6. The first kappa shape index (κ1) is 13.6. The molecule has 1 atom stereocenters. The molecule has 104 valence electrons. The Hall–Kier alpha value is -1.78. The maximum atomic E-state index is 13.5. The number of ether oxygens (including phenoxy) is 1. The Kier molecular flexibility index (Phi) is 4.24. The van der Waals surface area contributed by atoms with Crippen molar-refractivity contribution >= 4 is 6.03 Å². The molecule has 2 rings (SSSR count). The van der Waals surface area contributed by atoms with E-state index < -0.39 is 0 Å². The molecule has 0 radical (unpaired) electrons. The minimum absolute atomic E-state index is 0.145. The van der Waals surface area contributed by atoms with Crippen molar-refractivity contribution in [3.8, 4) is 5.75 Å². The van der Waals surface area contributed by atoms with Crippen LogP contribution in [0.3, 0.4) is 0 Å². The summed E-state index contributed by atoms with van der Waals surface area (Å²) in [4.78, 5) is 11.6. The van der Waals surface area contributed by atoms with E-state index in [0.717, 1.165) is 0 Å². The summed E-state index contributed by atoms with van der Waals surface area (Å²) in [7, 11) is 1.52. The first-order valence-electron chi connectivity index (χ1n) is 6.47. The van der Waals surface area contributed by atoms with E-state index in [9.17, 15) is 9.18 Å². The molecule has 0 bridgehead atoms. The van der Waals surface area contributed by atoms with Gasteiger partial charge in [-0.1, -0.05) is 0 Å². The Labute approximate surface area is 112 Å². The highest BCUT2D eigenvalue weighted by Gasteiger charge is 2.28. The van der Waals surface area contributed by atoms with Gasteiger partial charge in [-0.3, -0.25) is 0 Å². The molecule has 19 heavy (non-hydrogen) atoms. The number of nitrogens with one attached hydrogen (secondary N) is 2. The second-order valence-electron chi connectivity index (χ2n) is 4.91. The van der Waals surface area contributed by atoms with E-state index in [1.54, 1.807) is 12.1 Å². The standard InChI is InChI=1S/C14H19FN2O2/c1-9(10-3-4-10)17-14(18)16-8-11-7-12(19-2)5-6-13(11)15/h5-7,9-10H,3-4,8H2,1-2H3,(H2,16,17,18). The van der Waals surface area contributed by atoms with Crippen molar-refractivity contribution in [2.75, 3.05) is 7.11 Å². The first-order chi connectivity index (χ1) is 9.10. The molecule has 0 spiro atoms. The molecule has 1 saturated carbocycles. The Bertz CT molecular complexity index is 461. The van der Waals surface area contributed by atoms with Gasteiger partial charge >= 0.3 is 6.03 Å². The molecule has 2 N–H and O–H groups in total. The van der Waals surface area contributed by atoms with Gasteiger partial charge in [0.2, 0.25) is 0 Å². The first-order valence-corrected chi connectivity index (χ1v) is 6.47. The summed E-state index contributed by atoms with van der Waals surface area (Å²) in [5, 5.41) is 5.52. The van der Waals surface area contributed by atoms with Crippen molar-refractivity contribution in [3.05, 3.63) is 29.6 Å². The van der Waals surface area contributed by atoms with Crippen LogP contribution in [0.15, 0.2) is 18.2 Å². The number of methoxy groups -OCH3 is 1. The van der Waals surface area contributed by atoms with Gasteiger partial charge < -0.3 is 15.4 Å². The number of urea groups is 1. The number of carbonyl (C=O) groups is 1. The number of halogens is 1. The lowest BCUT2D eigenvalue weighted by Gasteiger charge is -2.14. The zero-order valence-electron chi connectivity index (χ0n) is 11.2. The van der Waals surface area contributed by atoms with Gasteiger partial charge in [-0.05, 0) is 43.9 Å². The summed E-state index contributed by atoms with van der Waals surface area (Å²) in [6.45, 7) is 2.13.